The van der Waals surface area contributed by atoms with Gasteiger partial charge in [0, 0.05) is 32.9 Å². The second kappa shape index (κ2) is 11.9. The Morgan fingerprint density at radius 2 is 1.69 bits per heavy atom. The van der Waals surface area contributed by atoms with Crippen molar-refractivity contribution < 1.29 is 14.7 Å². The van der Waals surface area contributed by atoms with Gasteiger partial charge in [-0.3, -0.25) is 9.59 Å². The fraction of sp³-hybridized carbons (Fsp3) is 0.938. The smallest absolute Gasteiger partial charge is 0.222 e. The molecule has 8 atom stereocenters. The van der Waals surface area contributed by atoms with Crippen LogP contribution in [0.3, 0.4) is 0 Å². The molecular weight excluding hydrogens is 446 g/mol. The lowest BCUT2D eigenvalue weighted by Gasteiger charge is -2.62. The number of Topliss-reactive ketones (excluding diaryl/α,β-unsaturated/α-hetero) is 1. The van der Waals surface area contributed by atoms with Gasteiger partial charge in [-0.1, -0.05) is 59.3 Å². The van der Waals surface area contributed by atoms with Crippen molar-refractivity contribution in [1.82, 2.24) is 4.90 Å². The molecule has 0 spiro atoms. The van der Waals surface area contributed by atoms with Crippen LogP contribution in [0, 0.1) is 40.4 Å². The van der Waals surface area contributed by atoms with Crippen LogP contribution in [0.4, 0.5) is 0 Å². The summed E-state index contributed by atoms with van der Waals surface area (Å²) in [5, 5.41) is 10.9. The van der Waals surface area contributed by atoms with Crippen LogP contribution in [-0.4, -0.2) is 41.4 Å². The highest BCUT2D eigenvalue weighted by Gasteiger charge is 2.62. The third kappa shape index (κ3) is 5.59. The van der Waals surface area contributed by atoms with E-state index >= 15 is 0 Å². The van der Waals surface area contributed by atoms with Gasteiger partial charge < -0.3 is 10.0 Å². The maximum atomic E-state index is 12.4. The Kier molecular flexibility index (Phi) is 9.27. The van der Waals surface area contributed by atoms with Crippen LogP contribution < -0.4 is 0 Å². The zero-order chi connectivity index (χ0) is 25.9. The fourth-order valence-corrected chi connectivity index (χ4v) is 9.41. The molecule has 1 N–H and O–H groups in total. The van der Waals surface area contributed by atoms with Gasteiger partial charge in [-0.05, 0) is 91.8 Å². The van der Waals surface area contributed by atoms with Gasteiger partial charge in [0.2, 0.25) is 5.91 Å². The number of aliphatic hydroxyl groups excluding tert-OH is 1. The largest absolute Gasteiger partial charge is 0.393 e. The average molecular weight is 502 g/mol. The van der Waals surface area contributed by atoms with Gasteiger partial charge in [-0.25, -0.2) is 0 Å². The Hall–Kier alpha value is -0.900. The van der Waals surface area contributed by atoms with Crippen LogP contribution >= 0.6 is 0 Å². The Balaban J connectivity index is 1.30. The van der Waals surface area contributed by atoms with Crippen LogP contribution in [0.25, 0.3) is 0 Å². The van der Waals surface area contributed by atoms with E-state index in [1.54, 1.807) is 0 Å². The van der Waals surface area contributed by atoms with Crippen molar-refractivity contribution in [2.24, 2.45) is 40.4 Å². The number of hydrogen-bond acceptors (Lipinski definition) is 3. The zero-order valence-electron chi connectivity index (χ0n) is 23.9. The molecule has 0 radical (unpaired) electrons. The number of amides is 1. The molecular formula is C32H55NO3. The molecule has 3 unspecified atom stereocenters. The normalized spacial score (nSPS) is 39.9. The zero-order valence-corrected chi connectivity index (χ0v) is 23.9. The molecule has 1 amide bonds. The number of rotatable bonds is 11. The van der Waals surface area contributed by atoms with Crippen molar-refractivity contribution in [3.05, 3.63) is 0 Å². The molecule has 0 bridgehead atoms. The molecule has 4 aliphatic carbocycles. The third-order valence-electron chi connectivity index (χ3n) is 11.8. The number of carbonyl (C=O) groups excluding carboxylic acids is 2. The van der Waals surface area contributed by atoms with Crippen molar-refractivity contribution in [3.8, 4) is 0 Å². The van der Waals surface area contributed by atoms with Crippen LogP contribution in [-0.2, 0) is 9.59 Å². The molecule has 0 aliphatic heterocycles. The van der Waals surface area contributed by atoms with Gasteiger partial charge in [0.1, 0.15) is 5.78 Å². The fourth-order valence-electron chi connectivity index (χ4n) is 9.41. The molecule has 0 heterocycles. The minimum atomic E-state index is -0.119. The Labute approximate surface area is 221 Å². The lowest BCUT2D eigenvalue weighted by molar-refractivity contribution is -0.156. The van der Waals surface area contributed by atoms with Gasteiger partial charge >= 0.3 is 0 Å². The second-order valence-corrected chi connectivity index (χ2v) is 13.8. The molecule has 0 saturated heterocycles. The molecule has 0 aromatic rings. The quantitative estimate of drug-likeness (QED) is 0.305. The minimum absolute atomic E-state index is 0.115. The van der Waals surface area contributed by atoms with Gasteiger partial charge in [-0.15, -0.1) is 0 Å². The topological polar surface area (TPSA) is 57.6 Å². The summed E-state index contributed by atoms with van der Waals surface area (Å²) < 4.78 is 0. The Bertz CT molecular complexity index is 766. The Morgan fingerprint density at radius 3 is 2.47 bits per heavy atom. The van der Waals surface area contributed by atoms with Gasteiger partial charge in [0.05, 0.1) is 6.10 Å². The SMILES string of the molecule is CCCCN(C)C(=O)CCCCCCCC1CC2CC(=O)CC[C@]2(C)[C@@H]2CC[C@]3(C)C(O)CC[C@H]3[C@H]12. The van der Waals surface area contributed by atoms with Crippen molar-refractivity contribution in [2.45, 2.75) is 136 Å². The number of carbonyl (C=O) groups is 2. The minimum Gasteiger partial charge on any atom is -0.393 e. The van der Waals surface area contributed by atoms with E-state index < -0.39 is 0 Å². The lowest BCUT2D eigenvalue weighted by Crippen LogP contribution is -2.57. The van der Waals surface area contributed by atoms with Crippen LogP contribution in [0.5, 0.6) is 0 Å². The van der Waals surface area contributed by atoms with Crippen molar-refractivity contribution in [2.75, 3.05) is 13.6 Å². The Morgan fingerprint density at radius 1 is 0.972 bits per heavy atom. The summed E-state index contributed by atoms with van der Waals surface area (Å²) in [6, 6.07) is 0. The van der Waals surface area contributed by atoms with E-state index in [1.807, 2.05) is 11.9 Å². The van der Waals surface area contributed by atoms with E-state index in [0.717, 1.165) is 75.7 Å². The van der Waals surface area contributed by atoms with Crippen molar-refractivity contribution >= 4 is 11.7 Å². The van der Waals surface area contributed by atoms with Crippen LogP contribution in [0.15, 0.2) is 0 Å². The van der Waals surface area contributed by atoms with E-state index in [0.29, 0.717) is 35.4 Å². The van der Waals surface area contributed by atoms with Gasteiger partial charge in [-0.2, -0.15) is 0 Å². The molecule has 4 fully saturated rings. The van der Waals surface area contributed by atoms with E-state index in [2.05, 4.69) is 20.8 Å². The lowest BCUT2D eigenvalue weighted by atomic mass is 9.42. The van der Waals surface area contributed by atoms with Crippen molar-refractivity contribution in [3.63, 3.8) is 0 Å². The number of hydrogen-bond donors (Lipinski definition) is 1. The maximum Gasteiger partial charge on any atom is 0.222 e. The number of fused-ring (bicyclic) bond motifs is 5. The first-order valence-electron chi connectivity index (χ1n) is 15.6. The highest BCUT2D eigenvalue weighted by molar-refractivity contribution is 5.79. The molecule has 206 valence electrons. The van der Waals surface area contributed by atoms with Crippen molar-refractivity contribution in [1.29, 1.82) is 0 Å². The monoisotopic (exact) mass is 501 g/mol. The average Bonchev–Trinajstić information content (AvgIpc) is 3.16. The molecule has 4 aliphatic rings. The summed E-state index contributed by atoms with van der Waals surface area (Å²) in [6.45, 7) is 7.99. The first kappa shape index (κ1) is 28.1. The molecule has 4 rings (SSSR count). The predicted molar refractivity (Wildman–Crippen MR) is 146 cm³/mol. The number of ketones is 1. The summed E-state index contributed by atoms with van der Waals surface area (Å²) in [5.74, 6) is 4.27. The first-order valence-corrected chi connectivity index (χ1v) is 15.6. The van der Waals surface area contributed by atoms with E-state index in [4.69, 9.17) is 0 Å². The molecule has 4 nitrogen and oxygen atoms in total. The number of unbranched alkanes of at least 4 members (excludes halogenated alkanes) is 5. The predicted octanol–water partition coefficient (Wildman–Crippen LogP) is 7.17. The first-order chi connectivity index (χ1) is 17.2. The molecule has 4 saturated carbocycles. The summed E-state index contributed by atoms with van der Waals surface area (Å²) in [7, 11) is 1.94. The van der Waals surface area contributed by atoms with Gasteiger partial charge in [0.25, 0.3) is 0 Å². The van der Waals surface area contributed by atoms with E-state index in [-0.39, 0.29) is 11.5 Å². The van der Waals surface area contributed by atoms with E-state index in [9.17, 15) is 14.7 Å². The maximum absolute atomic E-state index is 12.4. The highest BCUT2D eigenvalue weighted by Crippen LogP contribution is 2.67. The van der Waals surface area contributed by atoms with Crippen LogP contribution in [0.2, 0.25) is 0 Å². The molecule has 4 heteroatoms. The number of nitrogens with zero attached hydrogens (tertiary/aromatic N) is 1. The highest BCUT2D eigenvalue weighted by atomic mass is 16.3. The third-order valence-corrected chi connectivity index (χ3v) is 11.8. The standard InChI is InChI=1S/C32H55NO3/c1-5-6-20-33(4)29(36)13-11-9-7-8-10-12-23-21-24-22-25(34)16-18-31(24,2)27-17-19-32(3)26(30(23)27)14-15-28(32)35/h23-24,26-28,30,35H,5-22H2,1-4H3/t23?,24?,26-,27+,28?,30-,31-,32-/m0/s1. The summed E-state index contributed by atoms with van der Waals surface area (Å²) in [4.78, 5) is 26.6. The summed E-state index contributed by atoms with van der Waals surface area (Å²) >= 11 is 0. The van der Waals surface area contributed by atoms with Gasteiger partial charge in [0.15, 0.2) is 0 Å². The summed E-state index contributed by atoms with van der Waals surface area (Å²) in [5.41, 5.74) is 0.449. The molecule has 0 aromatic carbocycles. The number of aliphatic hydroxyl groups is 1. The molecule has 0 aromatic heterocycles. The molecule has 36 heavy (non-hydrogen) atoms. The second-order valence-electron chi connectivity index (χ2n) is 13.8. The van der Waals surface area contributed by atoms with E-state index in [1.165, 1.54) is 51.4 Å². The van der Waals surface area contributed by atoms with Crippen LogP contribution in [0.1, 0.15) is 130 Å². The summed E-state index contributed by atoms with van der Waals surface area (Å²) in [6.07, 6.45) is 18.6.